The number of benzene rings is 1. The molecule has 0 fully saturated rings. The van der Waals surface area contributed by atoms with Crippen LogP contribution in [0, 0.1) is 5.82 Å². The molecule has 0 radical (unpaired) electrons. The molecule has 23 heavy (non-hydrogen) atoms. The van der Waals surface area contributed by atoms with Gasteiger partial charge in [-0.1, -0.05) is 12.1 Å². The van der Waals surface area contributed by atoms with E-state index < -0.39 is 12.4 Å². The molecule has 4 nitrogen and oxygen atoms in total. The summed E-state index contributed by atoms with van der Waals surface area (Å²) >= 11 is 0. The van der Waals surface area contributed by atoms with Crippen molar-refractivity contribution < 1.29 is 17.9 Å². The number of aromatic nitrogens is 3. The number of halogens is 3. The molecule has 0 unspecified atom stereocenters. The zero-order valence-electron chi connectivity index (χ0n) is 11.9. The van der Waals surface area contributed by atoms with Gasteiger partial charge in [0.2, 0.25) is 0 Å². The zero-order chi connectivity index (χ0) is 16.2. The van der Waals surface area contributed by atoms with Gasteiger partial charge in [-0.2, -0.15) is 13.9 Å². The minimum Gasteiger partial charge on any atom is -0.435 e. The highest BCUT2D eigenvalue weighted by Crippen LogP contribution is 2.26. The quantitative estimate of drug-likeness (QED) is 0.719. The Morgan fingerprint density at radius 1 is 1.17 bits per heavy atom. The highest BCUT2D eigenvalue weighted by molar-refractivity contribution is 5.61. The molecule has 0 atom stereocenters. The van der Waals surface area contributed by atoms with E-state index in [0.717, 1.165) is 0 Å². The Hall–Kier alpha value is -2.83. The van der Waals surface area contributed by atoms with Gasteiger partial charge in [0.05, 0.1) is 6.54 Å². The van der Waals surface area contributed by atoms with Gasteiger partial charge in [0.25, 0.3) is 0 Å². The largest absolute Gasteiger partial charge is 0.435 e. The molecule has 118 valence electrons. The summed E-state index contributed by atoms with van der Waals surface area (Å²) in [6.07, 6.45) is 4.92. The van der Waals surface area contributed by atoms with E-state index in [1.165, 1.54) is 30.5 Å². The lowest BCUT2D eigenvalue weighted by molar-refractivity contribution is -0.0498. The fraction of sp³-hybridized carbons (Fsp3) is 0.125. The van der Waals surface area contributed by atoms with Crippen molar-refractivity contribution in [2.24, 2.45) is 0 Å². The van der Waals surface area contributed by atoms with Crippen LogP contribution in [0.4, 0.5) is 13.2 Å². The average molecular weight is 319 g/mol. The van der Waals surface area contributed by atoms with Gasteiger partial charge >= 0.3 is 6.61 Å². The molecule has 0 saturated heterocycles. The summed E-state index contributed by atoms with van der Waals surface area (Å²) in [5.41, 5.74) is 1.09. The van der Waals surface area contributed by atoms with Gasteiger partial charge in [-0.3, -0.25) is 9.67 Å². The summed E-state index contributed by atoms with van der Waals surface area (Å²) in [5.74, 6) is -0.580. The first-order valence-corrected chi connectivity index (χ1v) is 6.79. The second-order valence-corrected chi connectivity index (χ2v) is 4.78. The van der Waals surface area contributed by atoms with Gasteiger partial charge in [-0.15, -0.1) is 0 Å². The van der Waals surface area contributed by atoms with E-state index in [0.29, 0.717) is 17.7 Å². The van der Waals surface area contributed by atoms with Crippen LogP contribution in [0.25, 0.3) is 11.3 Å². The normalized spacial score (nSPS) is 11.0. The minimum absolute atomic E-state index is 0.0423. The van der Waals surface area contributed by atoms with Crippen molar-refractivity contribution in [2.75, 3.05) is 0 Å². The molecule has 3 rings (SSSR count). The van der Waals surface area contributed by atoms with Gasteiger partial charge in [-0.25, -0.2) is 4.39 Å². The molecule has 0 aliphatic rings. The van der Waals surface area contributed by atoms with Crippen molar-refractivity contribution >= 4 is 0 Å². The molecule has 2 heterocycles. The maximum Gasteiger partial charge on any atom is 0.387 e. The highest BCUT2D eigenvalue weighted by atomic mass is 19.3. The fourth-order valence-electron chi connectivity index (χ4n) is 2.18. The maximum atomic E-state index is 14.3. The number of hydrogen-bond acceptors (Lipinski definition) is 3. The number of ether oxygens (including phenoxy) is 1. The Morgan fingerprint density at radius 3 is 2.74 bits per heavy atom. The smallest absolute Gasteiger partial charge is 0.387 e. The molecule has 0 bridgehead atoms. The van der Waals surface area contributed by atoms with Gasteiger partial charge < -0.3 is 4.74 Å². The predicted molar refractivity (Wildman–Crippen MR) is 77.6 cm³/mol. The van der Waals surface area contributed by atoms with Crippen LogP contribution in [0.2, 0.25) is 0 Å². The number of pyridine rings is 1. The number of rotatable bonds is 5. The van der Waals surface area contributed by atoms with Crippen LogP contribution in [-0.2, 0) is 6.54 Å². The monoisotopic (exact) mass is 319 g/mol. The van der Waals surface area contributed by atoms with E-state index in [1.54, 1.807) is 29.2 Å². The average Bonchev–Trinajstić information content (AvgIpc) is 3.00. The summed E-state index contributed by atoms with van der Waals surface area (Å²) < 4.78 is 44.7. The topological polar surface area (TPSA) is 39.9 Å². The van der Waals surface area contributed by atoms with Crippen molar-refractivity contribution in [3.8, 4) is 17.0 Å². The Kier molecular flexibility index (Phi) is 4.27. The van der Waals surface area contributed by atoms with Gasteiger partial charge in [-0.05, 0) is 29.8 Å². The molecule has 0 aliphatic heterocycles. The molecule has 7 heteroatoms. The van der Waals surface area contributed by atoms with Crippen LogP contribution in [0.3, 0.4) is 0 Å². The highest BCUT2D eigenvalue weighted by Gasteiger charge is 2.11. The molecule has 2 aromatic heterocycles. The predicted octanol–water partition coefficient (Wildman–Crippen LogP) is 3.73. The van der Waals surface area contributed by atoms with Crippen molar-refractivity contribution in [3.63, 3.8) is 0 Å². The van der Waals surface area contributed by atoms with E-state index >= 15 is 0 Å². The van der Waals surface area contributed by atoms with E-state index in [1.807, 2.05) is 0 Å². The maximum absolute atomic E-state index is 14.3. The Morgan fingerprint density at radius 2 is 2.04 bits per heavy atom. The lowest BCUT2D eigenvalue weighted by Crippen LogP contribution is -2.03. The lowest BCUT2D eigenvalue weighted by atomic mass is 10.1. The third-order valence-corrected chi connectivity index (χ3v) is 3.13. The molecular formula is C16H12F3N3O. The van der Waals surface area contributed by atoms with Gasteiger partial charge in [0, 0.05) is 24.2 Å². The molecule has 0 aliphatic carbocycles. The van der Waals surface area contributed by atoms with Gasteiger partial charge in [0.1, 0.15) is 17.3 Å². The van der Waals surface area contributed by atoms with E-state index in [2.05, 4.69) is 14.8 Å². The molecular weight excluding hydrogens is 307 g/mol. The molecule has 0 spiro atoms. The van der Waals surface area contributed by atoms with Crippen molar-refractivity contribution in [1.29, 1.82) is 0 Å². The fourth-order valence-corrected chi connectivity index (χ4v) is 2.18. The van der Waals surface area contributed by atoms with Crippen molar-refractivity contribution in [2.45, 2.75) is 13.2 Å². The first-order valence-electron chi connectivity index (χ1n) is 6.79. The third kappa shape index (κ3) is 3.68. The Balaban J connectivity index is 1.85. The Bertz CT molecular complexity index is 791. The first kappa shape index (κ1) is 15.1. The molecule has 3 aromatic rings. The van der Waals surface area contributed by atoms with Crippen LogP contribution in [0.1, 0.15) is 5.56 Å². The summed E-state index contributed by atoms with van der Waals surface area (Å²) in [6.45, 7) is -2.54. The van der Waals surface area contributed by atoms with Gasteiger partial charge in [0.15, 0.2) is 0 Å². The van der Waals surface area contributed by atoms with E-state index in [-0.39, 0.29) is 11.4 Å². The standard InChI is InChI=1S/C16H12F3N3O/c17-14-7-11(10-22-6-2-5-21-22)9-20-15(14)12-3-1-4-13(8-12)23-16(18)19/h1-9,16H,10H2. The van der Waals surface area contributed by atoms with Crippen LogP contribution < -0.4 is 4.74 Å². The summed E-state index contributed by atoms with van der Waals surface area (Å²) in [5, 5.41) is 4.04. The first-order chi connectivity index (χ1) is 11.1. The minimum atomic E-state index is -2.93. The number of alkyl halides is 2. The lowest BCUT2D eigenvalue weighted by Gasteiger charge is -2.08. The summed E-state index contributed by atoms with van der Waals surface area (Å²) in [4.78, 5) is 4.09. The summed E-state index contributed by atoms with van der Waals surface area (Å²) in [6, 6.07) is 8.91. The van der Waals surface area contributed by atoms with Crippen molar-refractivity contribution in [3.05, 3.63) is 66.4 Å². The third-order valence-electron chi connectivity index (χ3n) is 3.13. The molecule has 1 aromatic carbocycles. The van der Waals surface area contributed by atoms with E-state index in [4.69, 9.17) is 0 Å². The van der Waals surface area contributed by atoms with E-state index in [9.17, 15) is 13.2 Å². The number of hydrogen-bond donors (Lipinski definition) is 0. The summed E-state index contributed by atoms with van der Waals surface area (Å²) in [7, 11) is 0. The number of nitrogens with zero attached hydrogens (tertiary/aromatic N) is 3. The molecule has 0 N–H and O–H groups in total. The molecule has 0 saturated carbocycles. The van der Waals surface area contributed by atoms with Crippen LogP contribution in [-0.4, -0.2) is 21.4 Å². The zero-order valence-corrected chi connectivity index (χ0v) is 11.9. The van der Waals surface area contributed by atoms with Crippen LogP contribution in [0.15, 0.2) is 55.0 Å². The van der Waals surface area contributed by atoms with Crippen LogP contribution in [0.5, 0.6) is 5.75 Å². The SMILES string of the molecule is Fc1cc(Cn2cccn2)cnc1-c1cccc(OC(F)F)c1. The Labute approximate surface area is 130 Å². The second-order valence-electron chi connectivity index (χ2n) is 4.78. The van der Waals surface area contributed by atoms with Crippen molar-refractivity contribution in [1.82, 2.24) is 14.8 Å². The molecule has 0 amide bonds. The van der Waals surface area contributed by atoms with Crippen LogP contribution >= 0.6 is 0 Å². The second kappa shape index (κ2) is 6.51.